The van der Waals surface area contributed by atoms with Gasteiger partial charge in [-0.1, -0.05) is 5.16 Å². The Balaban J connectivity index is 1.93. The molecule has 0 fully saturated rings. The molecule has 2 heterocycles. The summed E-state index contributed by atoms with van der Waals surface area (Å²) < 4.78 is 16.6. The molecule has 7 nitrogen and oxygen atoms in total. The number of rotatable bonds is 3. The first-order valence-electron chi connectivity index (χ1n) is 8.87. The number of carbonyl (C=O) groups excluding carboxylic acids is 2. The van der Waals surface area contributed by atoms with Gasteiger partial charge in [0, 0.05) is 25.0 Å². The second-order valence-corrected chi connectivity index (χ2v) is 7.22. The summed E-state index contributed by atoms with van der Waals surface area (Å²) in [5, 5.41) is 6.55. The molecule has 7 heteroatoms. The Morgan fingerprint density at radius 2 is 1.89 bits per heavy atom. The van der Waals surface area contributed by atoms with Crippen LogP contribution in [0, 0.1) is 27.7 Å². The Morgan fingerprint density at radius 3 is 2.48 bits per heavy atom. The van der Waals surface area contributed by atoms with Gasteiger partial charge < -0.3 is 19.3 Å². The Bertz CT molecular complexity index is 931. The number of fused-ring (bicyclic) bond motifs is 1. The normalized spacial score (nSPS) is 18.4. The number of carbonyl (C=O) groups is 2. The van der Waals surface area contributed by atoms with E-state index in [1.165, 1.54) is 6.92 Å². The van der Waals surface area contributed by atoms with Gasteiger partial charge in [0.05, 0.1) is 0 Å². The van der Waals surface area contributed by atoms with Crippen LogP contribution in [0.25, 0.3) is 0 Å². The maximum absolute atomic E-state index is 12.8. The molecule has 1 amide bonds. The maximum Gasteiger partial charge on any atom is 0.308 e. The van der Waals surface area contributed by atoms with Gasteiger partial charge in [0.25, 0.3) is 5.91 Å². The van der Waals surface area contributed by atoms with Crippen molar-refractivity contribution in [2.24, 2.45) is 0 Å². The summed E-state index contributed by atoms with van der Waals surface area (Å²) in [6.45, 7) is 10.6. The van der Waals surface area contributed by atoms with Gasteiger partial charge >= 0.3 is 5.97 Å². The van der Waals surface area contributed by atoms with Gasteiger partial charge in [0.1, 0.15) is 17.3 Å². The first-order chi connectivity index (χ1) is 12.6. The van der Waals surface area contributed by atoms with Gasteiger partial charge in [-0.2, -0.15) is 0 Å². The smallest absolute Gasteiger partial charge is 0.308 e. The van der Waals surface area contributed by atoms with Crippen LogP contribution in [0.5, 0.6) is 11.5 Å². The van der Waals surface area contributed by atoms with E-state index in [0.717, 1.165) is 22.3 Å². The lowest BCUT2D eigenvalue weighted by Gasteiger charge is -2.36. The third-order valence-corrected chi connectivity index (χ3v) is 5.09. The molecule has 1 N–H and O–H groups in total. The van der Waals surface area contributed by atoms with Crippen molar-refractivity contribution >= 4 is 17.7 Å². The minimum absolute atomic E-state index is 0.278. The van der Waals surface area contributed by atoms with Crippen molar-refractivity contribution in [3.63, 3.8) is 0 Å². The van der Waals surface area contributed by atoms with Gasteiger partial charge in [-0.3, -0.25) is 9.59 Å². The van der Waals surface area contributed by atoms with Crippen molar-refractivity contribution in [1.82, 2.24) is 5.16 Å². The van der Waals surface area contributed by atoms with Crippen LogP contribution in [0.15, 0.2) is 10.6 Å². The predicted octanol–water partition coefficient (Wildman–Crippen LogP) is 3.56. The van der Waals surface area contributed by atoms with Gasteiger partial charge in [0.15, 0.2) is 11.4 Å². The topological polar surface area (TPSA) is 90.7 Å². The van der Waals surface area contributed by atoms with E-state index in [1.807, 2.05) is 20.8 Å². The Hall–Kier alpha value is -2.83. The van der Waals surface area contributed by atoms with E-state index in [1.54, 1.807) is 19.9 Å². The monoisotopic (exact) mass is 372 g/mol. The predicted molar refractivity (Wildman–Crippen MR) is 99.2 cm³/mol. The van der Waals surface area contributed by atoms with E-state index < -0.39 is 5.60 Å². The fraction of sp³-hybridized carbons (Fsp3) is 0.450. The Kier molecular flexibility index (Phi) is 4.71. The molecular formula is C20H24N2O5. The second kappa shape index (κ2) is 6.72. The van der Waals surface area contributed by atoms with E-state index in [2.05, 4.69) is 10.5 Å². The van der Waals surface area contributed by atoms with Crippen molar-refractivity contribution in [2.45, 2.75) is 60.0 Å². The zero-order valence-corrected chi connectivity index (χ0v) is 16.5. The number of aromatic nitrogens is 1. The maximum atomic E-state index is 12.8. The average molecular weight is 372 g/mol. The lowest BCUT2D eigenvalue weighted by Crippen LogP contribution is -2.48. The number of amides is 1. The summed E-state index contributed by atoms with van der Waals surface area (Å²) in [6.07, 6.45) is 1.13. The molecule has 1 atom stereocenters. The molecule has 1 aliphatic rings. The van der Waals surface area contributed by atoms with E-state index in [0.29, 0.717) is 35.9 Å². The SMILES string of the molecule is CC(=O)Oc1c(C)c(C)c2c(c1C)CCC(C)(C(=O)Nc1cc(C)on1)O2. The van der Waals surface area contributed by atoms with E-state index in [9.17, 15) is 9.59 Å². The summed E-state index contributed by atoms with van der Waals surface area (Å²) in [7, 11) is 0. The molecule has 0 saturated heterocycles. The number of ether oxygens (including phenoxy) is 2. The molecule has 1 aromatic heterocycles. The van der Waals surface area contributed by atoms with Gasteiger partial charge in [0.2, 0.25) is 0 Å². The lowest BCUT2D eigenvalue weighted by atomic mass is 9.86. The van der Waals surface area contributed by atoms with Crippen molar-refractivity contribution in [3.8, 4) is 11.5 Å². The van der Waals surface area contributed by atoms with E-state index >= 15 is 0 Å². The highest BCUT2D eigenvalue weighted by Gasteiger charge is 2.41. The average Bonchev–Trinajstić information content (AvgIpc) is 3.01. The first-order valence-corrected chi connectivity index (χ1v) is 8.87. The summed E-state index contributed by atoms with van der Waals surface area (Å²) in [5.41, 5.74) is 2.50. The highest BCUT2D eigenvalue weighted by molar-refractivity contribution is 5.97. The number of aryl methyl sites for hydroxylation is 1. The van der Waals surface area contributed by atoms with Crippen LogP contribution in [0.1, 0.15) is 48.3 Å². The third kappa shape index (κ3) is 3.41. The third-order valence-electron chi connectivity index (χ3n) is 5.09. The molecule has 0 spiro atoms. The van der Waals surface area contributed by atoms with Crippen LogP contribution in [-0.4, -0.2) is 22.6 Å². The van der Waals surface area contributed by atoms with Gasteiger partial charge in [-0.15, -0.1) is 0 Å². The molecule has 2 aromatic rings. The highest BCUT2D eigenvalue weighted by Crippen LogP contribution is 2.44. The van der Waals surface area contributed by atoms with E-state index in [4.69, 9.17) is 14.0 Å². The number of esters is 1. The molecule has 0 aliphatic carbocycles. The van der Waals surface area contributed by atoms with Crippen molar-refractivity contribution in [2.75, 3.05) is 5.32 Å². The fourth-order valence-corrected chi connectivity index (χ4v) is 3.37. The molecule has 3 rings (SSSR count). The first kappa shape index (κ1) is 18.9. The van der Waals surface area contributed by atoms with Gasteiger partial charge in [-0.05, 0) is 57.7 Å². The number of hydrogen-bond acceptors (Lipinski definition) is 6. The molecule has 0 radical (unpaired) electrons. The van der Waals surface area contributed by atoms with Gasteiger partial charge in [-0.25, -0.2) is 0 Å². The highest BCUT2D eigenvalue weighted by atomic mass is 16.5. The minimum atomic E-state index is -1.04. The molecule has 144 valence electrons. The van der Waals surface area contributed by atoms with Crippen LogP contribution in [0.3, 0.4) is 0 Å². The quantitative estimate of drug-likeness (QED) is 0.654. The van der Waals surface area contributed by atoms with E-state index in [-0.39, 0.29) is 11.9 Å². The zero-order chi connectivity index (χ0) is 19.9. The summed E-state index contributed by atoms with van der Waals surface area (Å²) in [4.78, 5) is 24.3. The molecular weight excluding hydrogens is 348 g/mol. The molecule has 27 heavy (non-hydrogen) atoms. The minimum Gasteiger partial charge on any atom is -0.477 e. The number of hydrogen-bond donors (Lipinski definition) is 1. The Morgan fingerprint density at radius 1 is 1.19 bits per heavy atom. The molecule has 1 aromatic carbocycles. The molecule has 1 unspecified atom stereocenters. The number of anilines is 1. The van der Waals surface area contributed by atoms with Crippen molar-refractivity contribution in [1.29, 1.82) is 0 Å². The van der Waals surface area contributed by atoms with Crippen LogP contribution in [0.2, 0.25) is 0 Å². The number of nitrogens with one attached hydrogen (secondary N) is 1. The van der Waals surface area contributed by atoms with Crippen LogP contribution < -0.4 is 14.8 Å². The molecule has 1 aliphatic heterocycles. The summed E-state index contributed by atoms with van der Waals surface area (Å²) >= 11 is 0. The second-order valence-electron chi connectivity index (χ2n) is 7.22. The number of benzene rings is 1. The van der Waals surface area contributed by atoms with Crippen LogP contribution in [-0.2, 0) is 16.0 Å². The van der Waals surface area contributed by atoms with Crippen molar-refractivity contribution < 1.29 is 23.6 Å². The zero-order valence-electron chi connectivity index (χ0n) is 16.5. The largest absolute Gasteiger partial charge is 0.477 e. The molecule has 0 saturated carbocycles. The Labute approximate surface area is 158 Å². The standard InChI is InChI=1S/C20H24N2O5/c1-10-9-16(22-27-10)21-19(24)20(6)8-7-15-13(4)17(25-14(5)23)11(2)12(3)18(15)26-20/h9H,7-8H2,1-6H3,(H,21,22,24). The van der Waals surface area contributed by atoms with Crippen LogP contribution >= 0.6 is 0 Å². The lowest BCUT2D eigenvalue weighted by molar-refractivity contribution is -0.132. The van der Waals surface area contributed by atoms with Crippen molar-refractivity contribution in [3.05, 3.63) is 34.1 Å². The summed E-state index contributed by atoms with van der Waals surface area (Å²) in [6, 6.07) is 1.66. The molecule has 0 bridgehead atoms. The number of nitrogens with zero attached hydrogens (tertiary/aromatic N) is 1. The summed E-state index contributed by atoms with van der Waals surface area (Å²) in [5.74, 6) is 1.60. The van der Waals surface area contributed by atoms with Crippen LogP contribution in [0.4, 0.5) is 5.82 Å². The fourth-order valence-electron chi connectivity index (χ4n) is 3.37.